The van der Waals surface area contributed by atoms with Gasteiger partial charge in [-0.3, -0.25) is 4.98 Å². The Bertz CT molecular complexity index is 504. The lowest BCUT2D eigenvalue weighted by Crippen LogP contribution is -2.07. The Hall–Kier alpha value is -0.870. The minimum absolute atomic E-state index is 0.475. The molecule has 0 saturated heterocycles. The average molecular weight is 282 g/mol. The van der Waals surface area contributed by atoms with Crippen LogP contribution in [0.25, 0.3) is 11.0 Å². The number of fused-ring (bicyclic) bond motifs is 1. The molecule has 2 heterocycles. The number of pyridine rings is 1. The van der Waals surface area contributed by atoms with Gasteiger partial charge in [-0.05, 0) is 46.9 Å². The summed E-state index contributed by atoms with van der Waals surface area (Å²) in [6.07, 6.45) is 2.84. The molecule has 0 fully saturated rings. The van der Waals surface area contributed by atoms with Gasteiger partial charge in [0.1, 0.15) is 0 Å². The predicted octanol–water partition coefficient (Wildman–Crippen LogP) is 2.79. The van der Waals surface area contributed by atoms with Crippen LogP contribution in [0.2, 0.25) is 0 Å². The van der Waals surface area contributed by atoms with Gasteiger partial charge in [0.05, 0.1) is 11.0 Å². The van der Waals surface area contributed by atoms with Crippen molar-refractivity contribution >= 4 is 27.0 Å². The van der Waals surface area contributed by atoms with E-state index in [1.165, 1.54) is 5.69 Å². The molecule has 0 spiro atoms. The van der Waals surface area contributed by atoms with E-state index in [0.29, 0.717) is 5.92 Å². The number of nitrogens with two attached hydrogens (primary N) is 1. The molecular formula is C12H16BrN3. The fourth-order valence-electron chi connectivity index (χ4n) is 2.07. The Kier molecular flexibility index (Phi) is 3.30. The van der Waals surface area contributed by atoms with Crippen LogP contribution in [0.3, 0.4) is 0 Å². The fourth-order valence-corrected chi connectivity index (χ4v) is 2.38. The van der Waals surface area contributed by atoms with E-state index in [2.05, 4.69) is 51.6 Å². The molecule has 0 aromatic carbocycles. The second-order valence-electron chi connectivity index (χ2n) is 4.16. The number of aryl methyl sites for hydroxylation is 1. The van der Waals surface area contributed by atoms with Gasteiger partial charge < -0.3 is 10.3 Å². The molecule has 0 amide bonds. The van der Waals surface area contributed by atoms with Gasteiger partial charge in [-0.2, -0.15) is 0 Å². The summed E-state index contributed by atoms with van der Waals surface area (Å²) in [5, 5.41) is 0. The molecule has 0 aliphatic heterocycles. The Balaban J connectivity index is 2.51. The van der Waals surface area contributed by atoms with Crippen LogP contribution >= 0.6 is 15.9 Å². The number of aromatic nitrogens is 2. The zero-order valence-electron chi connectivity index (χ0n) is 9.57. The molecule has 0 aliphatic carbocycles. The molecular weight excluding hydrogens is 266 g/mol. The lowest BCUT2D eigenvalue weighted by atomic mass is 10.0. The highest BCUT2D eigenvalue weighted by Gasteiger charge is 2.12. The predicted molar refractivity (Wildman–Crippen MR) is 70.5 cm³/mol. The van der Waals surface area contributed by atoms with E-state index in [9.17, 15) is 0 Å². The smallest absolute Gasteiger partial charge is 0.0884 e. The van der Waals surface area contributed by atoms with E-state index in [1.54, 1.807) is 0 Å². The number of nitrogens with zero attached hydrogens (tertiary/aromatic N) is 2. The monoisotopic (exact) mass is 281 g/mol. The Morgan fingerprint density at radius 3 is 2.94 bits per heavy atom. The molecule has 0 radical (unpaired) electrons. The van der Waals surface area contributed by atoms with E-state index < -0.39 is 0 Å². The minimum Gasteiger partial charge on any atom is -0.346 e. The van der Waals surface area contributed by atoms with Crippen LogP contribution in [0.15, 0.2) is 22.8 Å². The summed E-state index contributed by atoms with van der Waals surface area (Å²) in [7, 11) is 2.08. The Morgan fingerprint density at radius 2 is 2.25 bits per heavy atom. The van der Waals surface area contributed by atoms with E-state index in [-0.39, 0.29) is 0 Å². The van der Waals surface area contributed by atoms with Gasteiger partial charge in [0.25, 0.3) is 0 Å². The molecule has 0 aliphatic rings. The van der Waals surface area contributed by atoms with E-state index in [0.717, 1.165) is 28.5 Å². The summed E-state index contributed by atoms with van der Waals surface area (Å²) < 4.78 is 3.21. The van der Waals surface area contributed by atoms with Crippen LogP contribution in [-0.2, 0) is 7.05 Å². The van der Waals surface area contributed by atoms with Crippen molar-refractivity contribution in [3.05, 3.63) is 28.5 Å². The number of hydrogen-bond acceptors (Lipinski definition) is 2. The Labute approximate surface area is 104 Å². The number of halogens is 1. The third-order valence-electron chi connectivity index (χ3n) is 3.00. The molecule has 86 valence electrons. The normalized spacial score (nSPS) is 13.2. The van der Waals surface area contributed by atoms with Gasteiger partial charge in [-0.25, -0.2) is 0 Å². The quantitative estimate of drug-likeness (QED) is 0.940. The first-order valence-electron chi connectivity index (χ1n) is 5.44. The zero-order chi connectivity index (χ0) is 11.7. The molecule has 2 rings (SSSR count). The molecule has 2 aromatic rings. The molecule has 3 nitrogen and oxygen atoms in total. The standard InChI is InChI=1S/C12H16BrN3/c1-8(3-4-14)11-6-10-12(16(11)2)5-9(13)7-15-10/h5-8H,3-4,14H2,1-2H3. The van der Waals surface area contributed by atoms with Crippen LogP contribution in [0.5, 0.6) is 0 Å². The van der Waals surface area contributed by atoms with Crippen molar-refractivity contribution in [1.29, 1.82) is 0 Å². The minimum atomic E-state index is 0.475. The topological polar surface area (TPSA) is 43.8 Å². The van der Waals surface area contributed by atoms with Gasteiger partial charge in [0, 0.05) is 23.4 Å². The first kappa shape index (κ1) is 11.6. The van der Waals surface area contributed by atoms with Crippen LogP contribution < -0.4 is 5.73 Å². The molecule has 16 heavy (non-hydrogen) atoms. The summed E-state index contributed by atoms with van der Waals surface area (Å²) in [4.78, 5) is 4.41. The second-order valence-corrected chi connectivity index (χ2v) is 5.08. The fraction of sp³-hybridized carbons (Fsp3) is 0.417. The van der Waals surface area contributed by atoms with Gasteiger partial charge in [-0.1, -0.05) is 6.92 Å². The Morgan fingerprint density at radius 1 is 1.50 bits per heavy atom. The molecule has 2 N–H and O–H groups in total. The van der Waals surface area contributed by atoms with Crippen molar-refractivity contribution in [3.63, 3.8) is 0 Å². The summed E-state index contributed by atoms with van der Waals surface area (Å²) >= 11 is 3.45. The van der Waals surface area contributed by atoms with Crippen molar-refractivity contribution in [2.75, 3.05) is 6.54 Å². The number of hydrogen-bond donors (Lipinski definition) is 1. The molecule has 0 bridgehead atoms. The van der Waals surface area contributed by atoms with Crippen LogP contribution in [0.1, 0.15) is 25.0 Å². The zero-order valence-corrected chi connectivity index (χ0v) is 11.2. The van der Waals surface area contributed by atoms with Crippen molar-refractivity contribution in [2.45, 2.75) is 19.3 Å². The number of rotatable bonds is 3. The van der Waals surface area contributed by atoms with Gasteiger partial charge in [-0.15, -0.1) is 0 Å². The SMILES string of the molecule is CC(CCN)c1cc2ncc(Br)cc2n1C. The molecule has 0 saturated carbocycles. The first-order chi connectivity index (χ1) is 7.63. The van der Waals surface area contributed by atoms with Crippen LogP contribution in [0.4, 0.5) is 0 Å². The molecule has 1 atom stereocenters. The lowest BCUT2D eigenvalue weighted by Gasteiger charge is -2.11. The summed E-state index contributed by atoms with van der Waals surface area (Å²) in [6.45, 7) is 2.93. The van der Waals surface area contributed by atoms with Crippen molar-refractivity contribution in [3.8, 4) is 0 Å². The van der Waals surface area contributed by atoms with Crippen molar-refractivity contribution < 1.29 is 0 Å². The first-order valence-corrected chi connectivity index (χ1v) is 6.23. The van der Waals surface area contributed by atoms with E-state index >= 15 is 0 Å². The summed E-state index contributed by atoms with van der Waals surface area (Å²) in [5.41, 5.74) is 9.11. The molecule has 1 unspecified atom stereocenters. The maximum Gasteiger partial charge on any atom is 0.0884 e. The third-order valence-corrected chi connectivity index (χ3v) is 3.44. The second kappa shape index (κ2) is 4.55. The van der Waals surface area contributed by atoms with Crippen LogP contribution in [0, 0.1) is 0 Å². The highest BCUT2D eigenvalue weighted by atomic mass is 79.9. The van der Waals surface area contributed by atoms with Crippen molar-refractivity contribution in [1.82, 2.24) is 9.55 Å². The average Bonchev–Trinajstić information content (AvgIpc) is 2.57. The van der Waals surface area contributed by atoms with Crippen LogP contribution in [-0.4, -0.2) is 16.1 Å². The maximum absolute atomic E-state index is 5.60. The summed E-state index contributed by atoms with van der Waals surface area (Å²) in [6, 6.07) is 4.25. The molecule has 2 aromatic heterocycles. The van der Waals surface area contributed by atoms with Crippen molar-refractivity contribution in [2.24, 2.45) is 12.8 Å². The van der Waals surface area contributed by atoms with Gasteiger partial charge >= 0.3 is 0 Å². The highest BCUT2D eigenvalue weighted by molar-refractivity contribution is 9.10. The lowest BCUT2D eigenvalue weighted by molar-refractivity contribution is 0.644. The summed E-state index contributed by atoms with van der Waals surface area (Å²) in [5.74, 6) is 0.475. The maximum atomic E-state index is 5.60. The third kappa shape index (κ3) is 1.99. The largest absolute Gasteiger partial charge is 0.346 e. The molecule has 4 heteroatoms. The van der Waals surface area contributed by atoms with E-state index in [4.69, 9.17) is 5.73 Å². The highest BCUT2D eigenvalue weighted by Crippen LogP contribution is 2.26. The van der Waals surface area contributed by atoms with Gasteiger partial charge in [0.2, 0.25) is 0 Å². The van der Waals surface area contributed by atoms with E-state index in [1.807, 2.05) is 6.20 Å². The van der Waals surface area contributed by atoms with Gasteiger partial charge in [0.15, 0.2) is 0 Å².